The number of carbonyl (C=O) groups excluding carboxylic acids is 1. The lowest BCUT2D eigenvalue weighted by Gasteiger charge is -2.12. The second kappa shape index (κ2) is 9.40. The number of carbonyl (C=O) groups is 1. The van der Waals surface area contributed by atoms with E-state index in [1.807, 2.05) is 31.2 Å². The lowest BCUT2D eigenvalue weighted by atomic mass is 10.0. The van der Waals surface area contributed by atoms with Gasteiger partial charge in [-0.1, -0.05) is 81.0 Å². The summed E-state index contributed by atoms with van der Waals surface area (Å²) in [5.74, 6) is 0.583. The van der Waals surface area contributed by atoms with Gasteiger partial charge in [-0.25, -0.2) is 4.79 Å². The molecule has 3 rings (SSSR count). The van der Waals surface area contributed by atoms with E-state index in [0.29, 0.717) is 12.4 Å². The molecule has 0 saturated heterocycles. The zero-order valence-corrected chi connectivity index (χ0v) is 16.3. The summed E-state index contributed by atoms with van der Waals surface area (Å²) in [7, 11) is 0. The topological polar surface area (TPSA) is 35.5 Å². The molecule has 142 valence electrons. The number of benzene rings is 3. The lowest BCUT2D eigenvalue weighted by Crippen LogP contribution is -2.12. The summed E-state index contributed by atoms with van der Waals surface area (Å²) in [4.78, 5) is 12.3. The molecule has 0 aliphatic heterocycles. The highest BCUT2D eigenvalue weighted by atomic mass is 16.7. The molecule has 0 fully saturated rings. The van der Waals surface area contributed by atoms with Crippen molar-refractivity contribution in [2.24, 2.45) is 0 Å². The Bertz CT molecular complexity index is 914. The first-order valence-electron chi connectivity index (χ1n) is 9.96. The van der Waals surface area contributed by atoms with E-state index in [9.17, 15) is 4.79 Å². The van der Waals surface area contributed by atoms with E-state index in [1.54, 1.807) is 0 Å². The van der Waals surface area contributed by atoms with Crippen molar-refractivity contribution in [3.8, 4) is 5.75 Å². The molecule has 0 atom stereocenters. The molecule has 0 N–H and O–H groups in total. The number of rotatable bonds is 8. The Kier molecular flexibility index (Phi) is 6.69. The minimum Gasteiger partial charge on any atom is -0.434 e. The zero-order chi connectivity index (χ0) is 19.1. The number of unbranched alkanes of at least 4 members (excludes halogenated alkanes) is 5. The quantitative estimate of drug-likeness (QED) is 0.184. The molecule has 0 bridgehead atoms. The summed E-state index contributed by atoms with van der Waals surface area (Å²) in [6.45, 7) is 4.65. The van der Waals surface area contributed by atoms with Gasteiger partial charge in [-0.2, -0.15) is 0 Å². The van der Waals surface area contributed by atoms with Gasteiger partial charge in [0.15, 0.2) is 0 Å². The molecule has 0 aliphatic rings. The van der Waals surface area contributed by atoms with Crippen molar-refractivity contribution in [1.82, 2.24) is 0 Å². The van der Waals surface area contributed by atoms with Gasteiger partial charge in [0.05, 0.1) is 6.61 Å². The third-order valence-corrected chi connectivity index (χ3v) is 4.87. The average molecular weight is 364 g/mol. The van der Waals surface area contributed by atoms with Crippen LogP contribution in [0, 0.1) is 6.92 Å². The van der Waals surface area contributed by atoms with Crippen LogP contribution in [0.3, 0.4) is 0 Å². The highest BCUT2D eigenvalue weighted by molar-refractivity contribution is 6.06. The summed E-state index contributed by atoms with van der Waals surface area (Å²) < 4.78 is 11.0. The minimum atomic E-state index is -0.622. The van der Waals surface area contributed by atoms with E-state index in [-0.39, 0.29) is 0 Å². The standard InChI is InChI=1S/C24H28O3/c1-3-4-5-6-7-10-15-26-24(25)27-23-21-12-9-8-11-19(21)17-20-14-13-18(2)16-22(20)23/h8-9,11-14,16-17H,3-7,10,15H2,1-2H3. The van der Waals surface area contributed by atoms with Crippen molar-refractivity contribution in [3.05, 3.63) is 54.1 Å². The summed E-state index contributed by atoms with van der Waals surface area (Å²) >= 11 is 0. The first-order chi connectivity index (χ1) is 13.2. The van der Waals surface area contributed by atoms with Crippen LogP contribution in [-0.2, 0) is 4.74 Å². The van der Waals surface area contributed by atoms with Crippen LogP contribution in [-0.4, -0.2) is 12.8 Å². The van der Waals surface area contributed by atoms with E-state index >= 15 is 0 Å². The first-order valence-corrected chi connectivity index (χ1v) is 9.96. The van der Waals surface area contributed by atoms with Gasteiger partial charge in [0.1, 0.15) is 5.75 Å². The van der Waals surface area contributed by atoms with Gasteiger partial charge in [-0.05, 0) is 36.2 Å². The largest absolute Gasteiger partial charge is 0.513 e. The smallest absolute Gasteiger partial charge is 0.434 e. The highest BCUT2D eigenvalue weighted by Gasteiger charge is 2.14. The molecule has 0 heterocycles. The number of fused-ring (bicyclic) bond motifs is 2. The monoisotopic (exact) mass is 364 g/mol. The van der Waals surface area contributed by atoms with Crippen molar-refractivity contribution < 1.29 is 14.3 Å². The van der Waals surface area contributed by atoms with Crippen LogP contribution >= 0.6 is 0 Å². The van der Waals surface area contributed by atoms with Crippen molar-refractivity contribution in [2.75, 3.05) is 6.61 Å². The van der Waals surface area contributed by atoms with E-state index in [1.165, 1.54) is 25.7 Å². The molecule has 3 aromatic carbocycles. The molecule has 3 nitrogen and oxygen atoms in total. The number of ether oxygens (including phenoxy) is 2. The van der Waals surface area contributed by atoms with Crippen LogP contribution < -0.4 is 4.74 Å². The Hall–Kier alpha value is -2.55. The fourth-order valence-electron chi connectivity index (χ4n) is 3.40. The lowest BCUT2D eigenvalue weighted by molar-refractivity contribution is 0.0982. The zero-order valence-electron chi connectivity index (χ0n) is 16.3. The maximum absolute atomic E-state index is 12.3. The second-order valence-corrected chi connectivity index (χ2v) is 7.12. The van der Waals surface area contributed by atoms with Gasteiger partial charge in [0.25, 0.3) is 0 Å². The van der Waals surface area contributed by atoms with E-state index in [4.69, 9.17) is 9.47 Å². The first kappa shape index (κ1) is 19.2. The molecule has 0 saturated carbocycles. The van der Waals surface area contributed by atoms with Gasteiger partial charge >= 0.3 is 6.16 Å². The van der Waals surface area contributed by atoms with Crippen LogP contribution in [0.2, 0.25) is 0 Å². The van der Waals surface area contributed by atoms with Crippen molar-refractivity contribution in [2.45, 2.75) is 52.4 Å². The third-order valence-electron chi connectivity index (χ3n) is 4.87. The fraction of sp³-hybridized carbons (Fsp3) is 0.375. The maximum Gasteiger partial charge on any atom is 0.513 e. The summed E-state index contributed by atoms with van der Waals surface area (Å²) in [6.07, 6.45) is 6.31. The van der Waals surface area contributed by atoms with Crippen LogP contribution in [0.25, 0.3) is 21.5 Å². The Balaban J connectivity index is 1.71. The predicted octanol–water partition coefficient (Wildman–Crippen LogP) is 7.18. The normalized spacial score (nSPS) is 11.0. The summed E-state index contributed by atoms with van der Waals surface area (Å²) in [5, 5.41) is 3.96. The number of aryl methyl sites for hydroxylation is 1. The van der Waals surface area contributed by atoms with Crippen molar-refractivity contribution in [1.29, 1.82) is 0 Å². The molecule has 3 heteroatoms. The number of hydrogen-bond donors (Lipinski definition) is 0. The predicted molar refractivity (Wildman–Crippen MR) is 112 cm³/mol. The highest BCUT2D eigenvalue weighted by Crippen LogP contribution is 2.35. The van der Waals surface area contributed by atoms with Gasteiger partial charge < -0.3 is 9.47 Å². The Morgan fingerprint density at radius 3 is 2.44 bits per heavy atom. The molecule has 3 aromatic rings. The molecule has 0 unspecified atom stereocenters. The third kappa shape index (κ3) is 5.00. The van der Waals surface area contributed by atoms with Gasteiger partial charge in [-0.15, -0.1) is 0 Å². The summed E-state index contributed by atoms with van der Waals surface area (Å²) in [5.41, 5.74) is 1.13. The van der Waals surface area contributed by atoms with Crippen molar-refractivity contribution in [3.63, 3.8) is 0 Å². The van der Waals surface area contributed by atoms with E-state index < -0.39 is 6.16 Å². The molecular weight excluding hydrogens is 336 g/mol. The van der Waals surface area contributed by atoms with Crippen molar-refractivity contribution >= 4 is 27.7 Å². The van der Waals surface area contributed by atoms with Crippen LogP contribution in [0.5, 0.6) is 5.75 Å². The molecular formula is C24H28O3. The molecule has 0 amide bonds. The Morgan fingerprint density at radius 2 is 1.59 bits per heavy atom. The molecule has 27 heavy (non-hydrogen) atoms. The average Bonchev–Trinajstić information content (AvgIpc) is 2.67. The Morgan fingerprint density at radius 1 is 0.852 bits per heavy atom. The molecule has 0 radical (unpaired) electrons. The van der Waals surface area contributed by atoms with Crippen LogP contribution in [0.4, 0.5) is 4.79 Å². The van der Waals surface area contributed by atoms with E-state index in [2.05, 4.69) is 31.2 Å². The Labute approximate surface area is 161 Å². The number of hydrogen-bond acceptors (Lipinski definition) is 3. The van der Waals surface area contributed by atoms with Crippen LogP contribution in [0.15, 0.2) is 48.5 Å². The van der Waals surface area contributed by atoms with Gasteiger partial charge in [-0.3, -0.25) is 0 Å². The van der Waals surface area contributed by atoms with Crippen LogP contribution in [0.1, 0.15) is 51.0 Å². The molecule has 0 aromatic heterocycles. The summed E-state index contributed by atoms with van der Waals surface area (Å²) in [6, 6.07) is 16.3. The second-order valence-electron chi connectivity index (χ2n) is 7.12. The molecule has 0 spiro atoms. The minimum absolute atomic E-state index is 0.409. The fourth-order valence-corrected chi connectivity index (χ4v) is 3.40. The molecule has 0 aliphatic carbocycles. The maximum atomic E-state index is 12.3. The SMILES string of the molecule is CCCCCCCCOC(=O)Oc1c2ccccc2cc2ccc(C)cc12. The van der Waals surface area contributed by atoms with Gasteiger partial charge in [0, 0.05) is 10.8 Å². The van der Waals surface area contributed by atoms with E-state index in [0.717, 1.165) is 39.9 Å². The van der Waals surface area contributed by atoms with Gasteiger partial charge in [0.2, 0.25) is 0 Å².